The van der Waals surface area contributed by atoms with Gasteiger partial charge in [0.1, 0.15) is 5.82 Å². The molecule has 0 saturated carbocycles. The Morgan fingerprint density at radius 1 is 1.18 bits per heavy atom. The fraction of sp³-hybridized carbons (Fsp3) is 0.250. The molecule has 60 valence electrons. The average Bonchev–Trinajstić information content (AvgIpc) is 1.93. The van der Waals surface area contributed by atoms with Gasteiger partial charge in [0.05, 0.1) is 0 Å². The Morgan fingerprint density at radius 2 is 1.73 bits per heavy atom. The lowest BCUT2D eigenvalue weighted by atomic mass is 10.1. The molecule has 3 heteroatoms. The van der Waals surface area contributed by atoms with Crippen molar-refractivity contribution in [3.8, 4) is 0 Å². The Balaban J connectivity index is 2.66. The molecular formula is C8H9FO2. The molecule has 2 N–H and O–H groups in total. The zero-order valence-electron chi connectivity index (χ0n) is 5.87. The molecule has 2 nitrogen and oxygen atoms in total. The van der Waals surface area contributed by atoms with Gasteiger partial charge in [-0.05, 0) is 17.7 Å². The monoisotopic (exact) mass is 156 g/mol. The molecule has 0 aliphatic carbocycles. The predicted molar refractivity (Wildman–Crippen MR) is 38.3 cm³/mol. The lowest BCUT2D eigenvalue weighted by Gasteiger charge is -2.01. The van der Waals surface area contributed by atoms with Gasteiger partial charge in [-0.1, -0.05) is 12.1 Å². The maximum Gasteiger partial charge on any atom is 0.155 e. The van der Waals surface area contributed by atoms with Crippen LogP contribution in [0.1, 0.15) is 5.56 Å². The third-order valence-electron chi connectivity index (χ3n) is 1.33. The number of benzene rings is 1. The summed E-state index contributed by atoms with van der Waals surface area (Å²) in [6.45, 7) is 0. The number of hydrogen-bond acceptors (Lipinski definition) is 2. The van der Waals surface area contributed by atoms with Crippen LogP contribution in [-0.4, -0.2) is 16.5 Å². The zero-order chi connectivity index (χ0) is 8.27. The molecule has 0 amide bonds. The molecule has 0 radical (unpaired) electrons. The van der Waals surface area contributed by atoms with Crippen LogP contribution in [0.2, 0.25) is 0 Å². The molecule has 11 heavy (non-hydrogen) atoms. The van der Waals surface area contributed by atoms with E-state index >= 15 is 0 Å². The summed E-state index contributed by atoms with van der Waals surface area (Å²) in [7, 11) is 0. The van der Waals surface area contributed by atoms with Crippen molar-refractivity contribution in [3.63, 3.8) is 0 Å². The van der Waals surface area contributed by atoms with Crippen molar-refractivity contribution in [2.75, 3.05) is 0 Å². The van der Waals surface area contributed by atoms with Crippen molar-refractivity contribution in [1.29, 1.82) is 0 Å². The topological polar surface area (TPSA) is 40.5 Å². The summed E-state index contributed by atoms with van der Waals surface area (Å²) in [6.07, 6.45) is -1.22. The Morgan fingerprint density at radius 3 is 2.18 bits per heavy atom. The second kappa shape index (κ2) is 3.46. The fourth-order valence-corrected chi connectivity index (χ4v) is 0.831. The second-order valence-corrected chi connectivity index (χ2v) is 2.31. The van der Waals surface area contributed by atoms with Crippen molar-refractivity contribution in [3.05, 3.63) is 35.6 Å². The Hall–Kier alpha value is -0.930. The first-order chi connectivity index (χ1) is 5.18. The third-order valence-corrected chi connectivity index (χ3v) is 1.33. The van der Waals surface area contributed by atoms with E-state index in [-0.39, 0.29) is 12.2 Å². The smallest absolute Gasteiger partial charge is 0.155 e. The van der Waals surface area contributed by atoms with Gasteiger partial charge in [0.15, 0.2) is 6.29 Å². The van der Waals surface area contributed by atoms with Crippen molar-refractivity contribution < 1.29 is 14.6 Å². The molecule has 0 heterocycles. The highest BCUT2D eigenvalue weighted by atomic mass is 19.1. The van der Waals surface area contributed by atoms with Crippen LogP contribution >= 0.6 is 0 Å². The molecule has 0 aliphatic heterocycles. The van der Waals surface area contributed by atoms with Crippen molar-refractivity contribution in [2.24, 2.45) is 0 Å². The lowest BCUT2D eigenvalue weighted by Crippen LogP contribution is -2.07. The van der Waals surface area contributed by atoms with E-state index in [9.17, 15) is 4.39 Å². The van der Waals surface area contributed by atoms with Gasteiger partial charge >= 0.3 is 0 Å². The molecular weight excluding hydrogens is 147 g/mol. The number of hydrogen-bond donors (Lipinski definition) is 2. The number of aliphatic hydroxyl groups excluding tert-OH is 1. The number of halogens is 1. The van der Waals surface area contributed by atoms with Crippen LogP contribution in [0.15, 0.2) is 24.3 Å². The highest BCUT2D eigenvalue weighted by Crippen LogP contribution is 2.04. The lowest BCUT2D eigenvalue weighted by molar-refractivity contribution is -0.0381. The summed E-state index contributed by atoms with van der Waals surface area (Å²) in [5, 5.41) is 17.1. The summed E-state index contributed by atoms with van der Waals surface area (Å²) in [5.74, 6) is -0.318. The second-order valence-electron chi connectivity index (χ2n) is 2.31. The Labute approximate surface area is 63.9 Å². The number of aliphatic hydroxyl groups is 2. The summed E-state index contributed by atoms with van der Waals surface area (Å²) < 4.78 is 12.3. The summed E-state index contributed by atoms with van der Waals surface area (Å²) in [6, 6.07) is 5.62. The zero-order valence-corrected chi connectivity index (χ0v) is 5.87. The standard InChI is InChI=1S/C8H9FO2/c9-7-3-1-6(2-4-7)5-8(10)11/h1-4,8,10-11H,5H2. The molecule has 0 aliphatic rings. The minimum absolute atomic E-state index is 0.139. The van der Waals surface area contributed by atoms with Gasteiger partial charge in [0.2, 0.25) is 0 Å². The predicted octanol–water partition coefficient (Wildman–Crippen LogP) is 0.679. The molecule has 0 aromatic heterocycles. The first-order valence-corrected chi connectivity index (χ1v) is 3.29. The molecule has 1 rings (SSSR count). The van der Waals surface area contributed by atoms with Crippen LogP contribution in [0.4, 0.5) is 4.39 Å². The van der Waals surface area contributed by atoms with Crippen LogP contribution in [0, 0.1) is 5.82 Å². The Kier molecular flexibility index (Phi) is 2.57. The van der Waals surface area contributed by atoms with Crippen molar-refractivity contribution in [2.45, 2.75) is 12.7 Å². The van der Waals surface area contributed by atoms with E-state index in [0.29, 0.717) is 5.56 Å². The molecule has 0 atom stereocenters. The number of rotatable bonds is 2. The summed E-state index contributed by atoms with van der Waals surface area (Å²) >= 11 is 0. The summed E-state index contributed by atoms with van der Waals surface area (Å²) in [5.41, 5.74) is 0.710. The first kappa shape index (κ1) is 8.17. The van der Waals surface area contributed by atoms with Crippen LogP contribution in [0.3, 0.4) is 0 Å². The van der Waals surface area contributed by atoms with E-state index in [2.05, 4.69) is 0 Å². The highest BCUT2D eigenvalue weighted by Gasteiger charge is 1.99. The molecule has 1 aromatic rings. The molecule has 0 spiro atoms. The van der Waals surface area contributed by atoms with Crippen molar-refractivity contribution >= 4 is 0 Å². The van der Waals surface area contributed by atoms with E-state index in [0.717, 1.165) is 0 Å². The van der Waals surface area contributed by atoms with Gasteiger partial charge in [-0.2, -0.15) is 0 Å². The molecule has 0 unspecified atom stereocenters. The average molecular weight is 156 g/mol. The quantitative estimate of drug-likeness (QED) is 0.618. The van der Waals surface area contributed by atoms with Crippen LogP contribution in [0.25, 0.3) is 0 Å². The maximum atomic E-state index is 12.3. The first-order valence-electron chi connectivity index (χ1n) is 3.29. The molecule has 0 fully saturated rings. The maximum absolute atomic E-state index is 12.3. The van der Waals surface area contributed by atoms with Gasteiger partial charge in [0, 0.05) is 6.42 Å². The normalized spacial score (nSPS) is 10.5. The SMILES string of the molecule is OC(O)Cc1ccc(F)cc1. The Bertz CT molecular complexity index is 218. The molecule has 0 bridgehead atoms. The van der Waals surface area contributed by atoms with E-state index in [1.165, 1.54) is 24.3 Å². The third kappa shape index (κ3) is 2.65. The summed E-state index contributed by atoms with van der Waals surface area (Å²) in [4.78, 5) is 0. The largest absolute Gasteiger partial charge is 0.368 e. The van der Waals surface area contributed by atoms with Crippen LogP contribution in [0.5, 0.6) is 0 Å². The van der Waals surface area contributed by atoms with E-state index < -0.39 is 6.29 Å². The molecule has 0 saturated heterocycles. The van der Waals surface area contributed by atoms with Gasteiger partial charge in [-0.25, -0.2) is 4.39 Å². The van der Waals surface area contributed by atoms with E-state index in [1.807, 2.05) is 0 Å². The minimum Gasteiger partial charge on any atom is -0.368 e. The van der Waals surface area contributed by atoms with Gasteiger partial charge in [0.25, 0.3) is 0 Å². The van der Waals surface area contributed by atoms with Gasteiger partial charge < -0.3 is 10.2 Å². The highest BCUT2D eigenvalue weighted by molar-refractivity contribution is 5.16. The van der Waals surface area contributed by atoms with Crippen molar-refractivity contribution in [1.82, 2.24) is 0 Å². The van der Waals surface area contributed by atoms with E-state index in [4.69, 9.17) is 10.2 Å². The van der Waals surface area contributed by atoms with Gasteiger partial charge in [-0.3, -0.25) is 0 Å². The molecule has 1 aromatic carbocycles. The van der Waals surface area contributed by atoms with Crippen LogP contribution < -0.4 is 0 Å². The fourth-order valence-electron chi connectivity index (χ4n) is 0.831. The van der Waals surface area contributed by atoms with E-state index in [1.54, 1.807) is 0 Å². The van der Waals surface area contributed by atoms with Gasteiger partial charge in [-0.15, -0.1) is 0 Å². The van der Waals surface area contributed by atoms with Crippen LogP contribution in [-0.2, 0) is 6.42 Å². The minimum atomic E-state index is -1.36.